The summed E-state index contributed by atoms with van der Waals surface area (Å²) in [6.07, 6.45) is 1.74. The molecule has 0 aliphatic carbocycles. The Kier molecular flexibility index (Phi) is 6.62. The molecule has 2 amide bonds. The molecular formula is C19H23BrN4O2S. The number of anilines is 2. The van der Waals surface area contributed by atoms with Crippen LogP contribution in [0.25, 0.3) is 0 Å². The second kappa shape index (κ2) is 8.95. The standard InChI is InChI=1S/C19H23BrN4O2S/c1-12-13(2)27-19(21-12)23-17(25)11-24-9-3-4-14(10-24)18(26)22-16-7-5-15(20)6-8-16/h5-8,14H,3-4,9-11H2,1-2H3,(H,22,26)(H,21,23,25). The number of thiazole rings is 1. The molecule has 6 nitrogen and oxygen atoms in total. The largest absolute Gasteiger partial charge is 0.326 e. The number of halogens is 1. The first kappa shape index (κ1) is 20.0. The zero-order valence-electron chi connectivity index (χ0n) is 15.4. The summed E-state index contributed by atoms with van der Waals surface area (Å²) in [5.41, 5.74) is 1.73. The van der Waals surface area contributed by atoms with Crippen molar-refractivity contribution in [3.63, 3.8) is 0 Å². The predicted octanol–water partition coefficient (Wildman–Crippen LogP) is 3.81. The first-order chi connectivity index (χ1) is 12.9. The summed E-state index contributed by atoms with van der Waals surface area (Å²) in [5, 5.41) is 6.46. The van der Waals surface area contributed by atoms with Crippen molar-refractivity contribution in [3.8, 4) is 0 Å². The molecule has 0 spiro atoms. The van der Waals surface area contributed by atoms with Gasteiger partial charge < -0.3 is 10.6 Å². The molecule has 1 aromatic heterocycles. The number of carbonyl (C=O) groups excluding carboxylic acids is 2. The van der Waals surface area contributed by atoms with Gasteiger partial charge in [-0.25, -0.2) is 4.98 Å². The van der Waals surface area contributed by atoms with Crippen molar-refractivity contribution in [2.45, 2.75) is 26.7 Å². The van der Waals surface area contributed by atoms with Gasteiger partial charge in [0.15, 0.2) is 5.13 Å². The third kappa shape index (κ3) is 5.60. The van der Waals surface area contributed by atoms with E-state index >= 15 is 0 Å². The van der Waals surface area contributed by atoms with Crippen LogP contribution in [-0.2, 0) is 9.59 Å². The zero-order valence-corrected chi connectivity index (χ0v) is 17.8. The van der Waals surface area contributed by atoms with E-state index in [9.17, 15) is 9.59 Å². The molecule has 2 N–H and O–H groups in total. The van der Waals surface area contributed by atoms with Gasteiger partial charge in [-0.3, -0.25) is 14.5 Å². The normalized spacial score (nSPS) is 17.5. The fraction of sp³-hybridized carbons (Fsp3) is 0.421. The number of nitrogens with zero attached hydrogens (tertiary/aromatic N) is 2. The van der Waals surface area contributed by atoms with Gasteiger partial charge >= 0.3 is 0 Å². The number of piperidine rings is 1. The van der Waals surface area contributed by atoms with E-state index in [4.69, 9.17) is 0 Å². The highest BCUT2D eigenvalue weighted by Crippen LogP contribution is 2.22. The fourth-order valence-electron chi connectivity index (χ4n) is 3.08. The second-order valence-electron chi connectivity index (χ2n) is 6.78. The lowest BCUT2D eigenvalue weighted by atomic mass is 9.97. The van der Waals surface area contributed by atoms with E-state index in [2.05, 4.69) is 31.5 Å². The number of hydrogen-bond acceptors (Lipinski definition) is 5. The fourth-order valence-corrected chi connectivity index (χ4v) is 4.17. The predicted molar refractivity (Wildman–Crippen MR) is 112 cm³/mol. The summed E-state index contributed by atoms with van der Waals surface area (Å²) in [6.45, 7) is 5.61. The summed E-state index contributed by atoms with van der Waals surface area (Å²) < 4.78 is 0.973. The maximum absolute atomic E-state index is 12.6. The average molecular weight is 451 g/mol. The molecule has 1 fully saturated rings. The molecule has 0 bridgehead atoms. The first-order valence-electron chi connectivity index (χ1n) is 8.93. The number of likely N-dealkylation sites (tertiary alicyclic amines) is 1. The Hall–Kier alpha value is -1.77. The van der Waals surface area contributed by atoms with Crippen molar-refractivity contribution in [1.29, 1.82) is 0 Å². The maximum atomic E-state index is 12.6. The molecular weight excluding hydrogens is 428 g/mol. The number of aromatic nitrogens is 1. The molecule has 1 unspecified atom stereocenters. The van der Waals surface area contributed by atoms with Crippen LogP contribution in [0.2, 0.25) is 0 Å². The van der Waals surface area contributed by atoms with Gasteiger partial charge in [-0.05, 0) is 57.5 Å². The van der Waals surface area contributed by atoms with Crippen LogP contribution >= 0.6 is 27.3 Å². The molecule has 1 aliphatic rings. The topological polar surface area (TPSA) is 74.3 Å². The van der Waals surface area contributed by atoms with Gasteiger partial charge in [0.2, 0.25) is 11.8 Å². The number of rotatable bonds is 5. The smallest absolute Gasteiger partial charge is 0.240 e. The highest BCUT2D eigenvalue weighted by Gasteiger charge is 2.27. The number of amides is 2. The van der Waals surface area contributed by atoms with Crippen molar-refractivity contribution in [1.82, 2.24) is 9.88 Å². The van der Waals surface area contributed by atoms with Gasteiger partial charge in [0.1, 0.15) is 0 Å². The van der Waals surface area contributed by atoms with Crippen LogP contribution in [0.1, 0.15) is 23.4 Å². The number of carbonyl (C=O) groups is 2. The second-order valence-corrected chi connectivity index (χ2v) is 8.90. The van der Waals surface area contributed by atoms with Crippen LogP contribution < -0.4 is 10.6 Å². The van der Waals surface area contributed by atoms with Crippen LogP contribution in [-0.4, -0.2) is 41.3 Å². The SMILES string of the molecule is Cc1nc(NC(=O)CN2CCCC(C(=O)Nc3ccc(Br)cc3)C2)sc1C. The number of benzene rings is 1. The summed E-state index contributed by atoms with van der Waals surface area (Å²) in [6, 6.07) is 7.53. The molecule has 2 heterocycles. The van der Waals surface area contributed by atoms with Gasteiger partial charge in [0.25, 0.3) is 0 Å². The molecule has 144 valence electrons. The molecule has 8 heteroatoms. The van der Waals surface area contributed by atoms with E-state index in [1.807, 2.05) is 43.0 Å². The number of nitrogens with one attached hydrogen (secondary N) is 2. The minimum atomic E-state index is -0.112. The summed E-state index contributed by atoms with van der Waals surface area (Å²) >= 11 is 4.87. The molecule has 0 saturated carbocycles. The van der Waals surface area contributed by atoms with Crippen LogP contribution in [0.4, 0.5) is 10.8 Å². The van der Waals surface area contributed by atoms with E-state index < -0.39 is 0 Å². The van der Waals surface area contributed by atoms with Crippen LogP contribution in [0, 0.1) is 19.8 Å². The quantitative estimate of drug-likeness (QED) is 0.725. The highest BCUT2D eigenvalue weighted by molar-refractivity contribution is 9.10. The Morgan fingerprint density at radius 3 is 2.67 bits per heavy atom. The van der Waals surface area contributed by atoms with E-state index in [1.165, 1.54) is 11.3 Å². The highest BCUT2D eigenvalue weighted by atomic mass is 79.9. The van der Waals surface area contributed by atoms with Crippen LogP contribution in [0.5, 0.6) is 0 Å². The lowest BCUT2D eigenvalue weighted by molar-refractivity contribution is -0.123. The number of aryl methyl sites for hydroxylation is 2. The van der Waals surface area contributed by atoms with Gasteiger partial charge in [-0.2, -0.15) is 0 Å². The van der Waals surface area contributed by atoms with Crippen molar-refractivity contribution in [2.75, 3.05) is 30.3 Å². The van der Waals surface area contributed by atoms with Crippen molar-refractivity contribution in [2.24, 2.45) is 5.92 Å². The van der Waals surface area contributed by atoms with Gasteiger partial charge in [0, 0.05) is 21.6 Å². The molecule has 1 aromatic carbocycles. The van der Waals surface area contributed by atoms with Gasteiger partial charge in [0.05, 0.1) is 18.2 Å². The van der Waals surface area contributed by atoms with Crippen molar-refractivity contribution < 1.29 is 9.59 Å². The van der Waals surface area contributed by atoms with Crippen LogP contribution in [0.15, 0.2) is 28.7 Å². The van der Waals surface area contributed by atoms with Crippen molar-refractivity contribution >= 4 is 49.9 Å². The summed E-state index contributed by atoms with van der Waals surface area (Å²) in [5.74, 6) is -0.189. The van der Waals surface area contributed by atoms with Crippen molar-refractivity contribution in [3.05, 3.63) is 39.3 Å². The monoisotopic (exact) mass is 450 g/mol. The Bertz CT molecular complexity index is 802. The molecule has 1 saturated heterocycles. The Balaban J connectivity index is 1.51. The van der Waals surface area contributed by atoms with E-state index in [0.29, 0.717) is 11.7 Å². The minimum absolute atomic E-state index is 0.00797. The van der Waals surface area contributed by atoms with Gasteiger partial charge in [-0.1, -0.05) is 15.9 Å². The average Bonchev–Trinajstić information content (AvgIpc) is 2.94. The van der Waals surface area contributed by atoms with Gasteiger partial charge in [-0.15, -0.1) is 11.3 Å². The Morgan fingerprint density at radius 1 is 1.26 bits per heavy atom. The minimum Gasteiger partial charge on any atom is -0.326 e. The first-order valence-corrected chi connectivity index (χ1v) is 10.5. The molecule has 1 atom stereocenters. The summed E-state index contributed by atoms with van der Waals surface area (Å²) in [4.78, 5) is 32.4. The number of hydrogen-bond donors (Lipinski definition) is 2. The van der Waals surface area contributed by atoms with E-state index in [1.54, 1.807) is 0 Å². The maximum Gasteiger partial charge on any atom is 0.240 e. The lowest BCUT2D eigenvalue weighted by Gasteiger charge is -2.31. The molecule has 1 aliphatic heterocycles. The lowest BCUT2D eigenvalue weighted by Crippen LogP contribution is -2.43. The molecule has 0 radical (unpaired) electrons. The third-order valence-corrected chi connectivity index (χ3v) is 6.15. The molecule has 27 heavy (non-hydrogen) atoms. The zero-order chi connectivity index (χ0) is 19.4. The van der Waals surface area contributed by atoms with E-state index in [-0.39, 0.29) is 24.3 Å². The third-order valence-electron chi connectivity index (χ3n) is 4.63. The Labute approximate surface area is 171 Å². The molecule has 2 aromatic rings. The molecule has 3 rings (SSSR count). The van der Waals surface area contributed by atoms with Crippen LogP contribution in [0.3, 0.4) is 0 Å². The van der Waals surface area contributed by atoms with E-state index in [0.717, 1.165) is 40.1 Å². The summed E-state index contributed by atoms with van der Waals surface area (Å²) in [7, 11) is 0. The Morgan fingerprint density at radius 2 is 2.00 bits per heavy atom.